The number of nitrogens with one attached hydrogen (secondary N) is 1. The van der Waals surface area contributed by atoms with E-state index in [9.17, 15) is 0 Å². The van der Waals surface area contributed by atoms with E-state index in [1.165, 1.54) is 71.7 Å². The summed E-state index contributed by atoms with van der Waals surface area (Å²) in [7, 11) is 2.25. The molecule has 0 amide bonds. The number of likely N-dealkylation sites (tertiary alicyclic amines) is 1. The largest absolute Gasteiger partial charge is 0.316 e. The lowest BCUT2D eigenvalue weighted by Gasteiger charge is -2.46. The fourth-order valence-corrected chi connectivity index (χ4v) is 4.60. The van der Waals surface area contributed by atoms with Crippen LogP contribution >= 0.6 is 0 Å². The first-order valence-electron chi connectivity index (χ1n) is 8.91. The Kier molecular flexibility index (Phi) is 4.89. The van der Waals surface area contributed by atoms with E-state index in [4.69, 9.17) is 0 Å². The van der Waals surface area contributed by atoms with Gasteiger partial charge in [-0.1, -0.05) is 13.8 Å². The molecule has 0 aromatic heterocycles. The lowest BCUT2D eigenvalue weighted by Crippen LogP contribution is -2.56. The lowest BCUT2D eigenvalue weighted by atomic mass is 9.86. The molecule has 4 heteroatoms. The van der Waals surface area contributed by atoms with Crippen LogP contribution in [0.4, 0.5) is 0 Å². The van der Waals surface area contributed by atoms with Gasteiger partial charge in [0.15, 0.2) is 0 Å². The van der Waals surface area contributed by atoms with Crippen LogP contribution in [0, 0.1) is 11.3 Å². The number of piperazine rings is 1. The Morgan fingerprint density at radius 3 is 2.52 bits per heavy atom. The minimum atomic E-state index is 0.514. The van der Waals surface area contributed by atoms with Crippen molar-refractivity contribution < 1.29 is 0 Å². The molecule has 122 valence electrons. The van der Waals surface area contributed by atoms with Gasteiger partial charge in [0, 0.05) is 51.9 Å². The summed E-state index contributed by atoms with van der Waals surface area (Å²) in [6, 6.07) is 0.824. The highest BCUT2D eigenvalue weighted by Crippen LogP contribution is 2.29. The molecule has 3 saturated heterocycles. The zero-order chi connectivity index (χ0) is 14.9. The molecule has 0 spiro atoms. The summed E-state index contributed by atoms with van der Waals surface area (Å²) in [5.41, 5.74) is 0.514. The summed E-state index contributed by atoms with van der Waals surface area (Å²) in [5.74, 6) is 0.820. The van der Waals surface area contributed by atoms with Gasteiger partial charge in [-0.2, -0.15) is 0 Å². The fraction of sp³-hybridized carbons (Fsp3) is 1.00. The molecule has 0 saturated carbocycles. The zero-order valence-corrected chi connectivity index (χ0v) is 14.3. The Morgan fingerprint density at radius 2 is 1.90 bits per heavy atom. The van der Waals surface area contributed by atoms with E-state index in [1.54, 1.807) is 0 Å². The molecule has 3 rings (SSSR count). The minimum absolute atomic E-state index is 0.514. The van der Waals surface area contributed by atoms with E-state index in [0.29, 0.717) is 5.41 Å². The number of nitrogens with zero attached hydrogens (tertiary/aromatic N) is 3. The van der Waals surface area contributed by atoms with Crippen molar-refractivity contribution in [1.82, 2.24) is 20.0 Å². The fourth-order valence-electron chi connectivity index (χ4n) is 4.60. The summed E-state index contributed by atoms with van der Waals surface area (Å²) in [6.07, 6.45) is 2.72. The SMILES string of the molecule is CC1CN(CC2(C)CCNC2)CCC1N1CCN(C)CC1. The normalized spacial score (nSPS) is 40.7. The highest BCUT2D eigenvalue weighted by atomic mass is 15.3. The van der Waals surface area contributed by atoms with Crippen LogP contribution in [0.5, 0.6) is 0 Å². The molecule has 0 radical (unpaired) electrons. The third kappa shape index (κ3) is 3.79. The van der Waals surface area contributed by atoms with Gasteiger partial charge < -0.3 is 15.1 Å². The van der Waals surface area contributed by atoms with Crippen molar-refractivity contribution in [2.75, 3.05) is 66.0 Å². The molecule has 0 aromatic rings. The van der Waals surface area contributed by atoms with Crippen LogP contribution in [-0.2, 0) is 0 Å². The van der Waals surface area contributed by atoms with Crippen LogP contribution in [-0.4, -0.2) is 86.7 Å². The van der Waals surface area contributed by atoms with Crippen molar-refractivity contribution in [3.8, 4) is 0 Å². The zero-order valence-electron chi connectivity index (χ0n) is 14.3. The molecule has 0 aromatic carbocycles. The summed E-state index contributed by atoms with van der Waals surface area (Å²) in [6.45, 7) is 16.3. The molecule has 4 nitrogen and oxygen atoms in total. The Balaban J connectivity index is 1.50. The van der Waals surface area contributed by atoms with Gasteiger partial charge in [0.25, 0.3) is 0 Å². The van der Waals surface area contributed by atoms with Gasteiger partial charge in [0.05, 0.1) is 0 Å². The lowest BCUT2D eigenvalue weighted by molar-refractivity contribution is 0.0240. The molecule has 3 unspecified atom stereocenters. The second-order valence-electron chi connectivity index (χ2n) is 8.15. The molecule has 1 N–H and O–H groups in total. The first kappa shape index (κ1) is 15.7. The summed E-state index contributed by atoms with van der Waals surface area (Å²) >= 11 is 0. The van der Waals surface area contributed by atoms with Gasteiger partial charge in [0.1, 0.15) is 0 Å². The minimum Gasteiger partial charge on any atom is -0.316 e. The third-order valence-corrected chi connectivity index (χ3v) is 6.01. The highest BCUT2D eigenvalue weighted by molar-refractivity contribution is 4.91. The maximum Gasteiger partial charge on any atom is 0.0146 e. The first-order valence-corrected chi connectivity index (χ1v) is 8.91. The Labute approximate surface area is 130 Å². The molecule has 21 heavy (non-hydrogen) atoms. The van der Waals surface area contributed by atoms with Crippen LogP contribution in [0.25, 0.3) is 0 Å². The number of piperidine rings is 1. The van der Waals surface area contributed by atoms with Gasteiger partial charge in [0.2, 0.25) is 0 Å². The number of hydrogen-bond acceptors (Lipinski definition) is 4. The van der Waals surface area contributed by atoms with E-state index in [-0.39, 0.29) is 0 Å². The van der Waals surface area contributed by atoms with Crippen LogP contribution < -0.4 is 5.32 Å². The van der Waals surface area contributed by atoms with E-state index in [0.717, 1.165) is 12.0 Å². The van der Waals surface area contributed by atoms with E-state index in [1.807, 2.05) is 0 Å². The molecule has 3 fully saturated rings. The maximum absolute atomic E-state index is 3.54. The van der Waals surface area contributed by atoms with Crippen molar-refractivity contribution in [3.63, 3.8) is 0 Å². The second-order valence-corrected chi connectivity index (χ2v) is 8.15. The molecule has 3 aliphatic rings. The van der Waals surface area contributed by atoms with Crippen molar-refractivity contribution in [2.45, 2.75) is 32.7 Å². The van der Waals surface area contributed by atoms with E-state index in [2.05, 4.69) is 40.9 Å². The van der Waals surface area contributed by atoms with Crippen LogP contribution in [0.2, 0.25) is 0 Å². The van der Waals surface area contributed by atoms with Crippen LogP contribution in [0.3, 0.4) is 0 Å². The monoisotopic (exact) mass is 294 g/mol. The van der Waals surface area contributed by atoms with Gasteiger partial charge in [-0.25, -0.2) is 0 Å². The molecule has 3 atom stereocenters. The average molecular weight is 294 g/mol. The quantitative estimate of drug-likeness (QED) is 0.836. The average Bonchev–Trinajstić information content (AvgIpc) is 2.87. The van der Waals surface area contributed by atoms with E-state index >= 15 is 0 Å². The van der Waals surface area contributed by atoms with Gasteiger partial charge in [-0.3, -0.25) is 4.90 Å². The molecule has 3 heterocycles. The van der Waals surface area contributed by atoms with Crippen LogP contribution in [0.1, 0.15) is 26.7 Å². The molecule has 0 aliphatic carbocycles. The Hall–Kier alpha value is -0.160. The first-order chi connectivity index (χ1) is 10.1. The highest BCUT2D eigenvalue weighted by Gasteiger charge is 2.36. The summed E-state index contributed by atoms with van der Waals surface area (Å²) < 4.78 is 0. The number of likely N-dealkylation sites (N-methyl/N-ethyl adjacent to an activating group) is 1. The van der Waals surface area contributed by atoms with Gasteiger partial charge in [-0.05, 0) is 44.3 Å². The molecular weight excluding hydrogens is 260 g/mol. The summed E-state index contributed by atoms with van der Waals surface area (Å²) in [5, 5.41) is 3.54. The summed E-state index contributed by atoms with van der Waals surface area (Å²) in [4.78, 5) is 7.97. The Morgan fingerprint density at radius 1 is 1.14 bits per heavy atom. The molecular formula is C17H34N4. The number of rotatable bonds is 3. The molecule has 3 aliphatic heterocycles. The number of hydrogen-bond donors (Lipinski definition) is 1. The standard InChI is InChI=1S/C17H34N4/c1-15-12-20(14-17(2)5-6-18-13-17)7-4-16(15)21-10-8-19(3)9-11-21/h15-16,18H,4-14H2,1-3H3. The Bertz CT molecular complexity index is 332. The van der Waals surface area contributed by atoms with Crippen molar-refractivity contribution in [2.24, 2.45) is 11.3 Å². The van der Waals surface area contributed by atoms with Crippen LogP contribution in [0.15, 0.2) is 0 Å². The van der Waals surface area contributed by atoms with Crippen molar-refractivity contribution in [3.05, 3.63) is 0 Å². The van der Waals surface area contributed by atoms with Crippen molar-refractivity contribution >= 4 is 0 Å². The predicted molar refractivity (Wildman–Crippen MR) is 88.7 cm³/mol. The van der Waals surface area contributed by atoms with E-state index < -0.39 is 0 Å². The van der Waals surface area contributed by atoms with Gasteiger partial charge >= 0.3 is 0 Å². The third-order valence-electron chi connectivity index (χ3n) is 6.01. The smallest absolute Gasteiger partial charge is 0.0146 e. The van der Waals surface area contributed by atoms with Gasteiger partial charge in [-0.15, -0.1) is 0 Å². The van der Waals surface area contributed by atoms with Crippen molar-refractivity contribution in [1.29, 1.82) is 0 Å². The molecule has 0 bridgehead atoms. The topological polar surface area (TPSA) is 21.8 Å². The second kappa shape index (κ2) is 6.53. The maximum atomic E-state index is 3.54. The predicted octanol–water partition coefficient (Wildman–Crippen LogP) is 0.944.